The first-order chi connectivity index (χ1) is 9.22. The molecule has 0 radical (unpaired) electrons. The highest BCUT2D eigenvalue weighted by Crippen LogP contribution is 2.32. The topological polar surface area (TPSA) is 38.1 Å². The molecule has 0 aliphatic rings. The molecule has 1 aromatic carbocycles. The molecule has 1 N–H and O–H groups in total. The minimum absolute atomic E-state index is 0.454. The predicted octanol–water partition coefficient (Wildman–Crippen LogP) is 3.45. The van der Waals surface area contributed by atoms with Crippen molar-refractivity contribution in [1.29, 1.82) is 0 Å². The van der Waals surface area contributed by atoms with Crippen LogP contribution in [0.4, 0.5) is 0 Å². The van der Waals surface area contributed by atoms with Crippen LogP contribution in [0, 0.1) is 20.8 Å². The van der Waals surface area contributed by atoms with Gasteiger partial charge < -0.3 is 5.11 Å². The lowest BCUT2D eigenvalue weighted by atomic mass is 9.85. The minimum atomic E-state index is -0.965. The van der Waals surface area contributed by atoms with E-state index in [1.807, 2.05) is 46.9 Å². The second kappa shape index (κ2) is 5.23. The van der Waals surface area contributed by atoms with Gasteiger partial charge in [0.15, 0.2) is 0 Å². The Morgan fingerprint density at radius 1 is 1.30 bits per heavy atom. The van der Waals surface area contributed by atoms with Gasteiger partial charge in [0.1, 0.15) is 5.15 Å². The second-order valence-corrected chi connectivity index (χ2v) is 6.11. The summed E-state index contributed by atoms with van der Waals surface area (Å²) < 4.78 is 1.64. The fourth-order valence-corrected chi connectivity index (χ4v) is 2.87. The Labute approximate surface area is 125 Å². The summed E-state index contributed by atoms with van der Waals surface area (Å²) in [5.41, 5.74) is 3.96. The number of aliphatic hydroxyl groups is 1. The monoisotopic (exact) mass is 292 g/mol. The molecule has 1 atom stereocenters. The van der Waals surface area contributed by atoms with Crippen molar-refractivity contribution in [2.75, 3.05) is 0 Å². The number of hydrogen-bond acceptors (Lipinski definition) is 2. The third-order valence-corrected chi connectivity index (χ3v) is 4.24. The lowest BCUT2D eigenvalue weighted by Crippen LogP contribution is -2.26. The summed E-state index contributed by atoms with van der Waals surface area (Å²) in [6.07, 6.45) is 0.454. The van der Waals surface area contributed by atoms with Crippen molar-refractivity contribution in [2.24, 2.45) is 7.05 Å². The average molecular weight is 293 g/mol. The van der Waals surface area contributed by atoms with Gasteiger partial charge in [-0.1, -0.05) is 35.4 Å². The van der Waals surface area contributed by atoms with Crippen molar-refractivity contribution in [3.8, 4) is 0 Å². The van der Waals surface area contributed by atoms with E-state index in [9.17, 15) is 5.11 Å². The van der Waals surface area contributed by atoms with Crippen LogP contribution in [0.15, 0.2) is 18.2 Å². The molecule has 2 rings (SSSR count). The molecule has 1 heterocycles. The highest BCUT2D eigenvalue weighted by molar-refractivity contribution is 6.30. The van der Waals surface area contributed by atoms with E-state index in [1.165, 1.54) is 0 Å². The van der Waals surface area contributed by atoms with Crippen molar-refractivity contribution in [2.45, 2.75) is 39.7 Å². The number of rotatable bonds is 3. The molecule has 0 saturated heterocycles. The van der Waals surface area contributed by atoms with E-state index >= 15 is 0 Å². The van der Waals surface area contributed by atoms with E-state index in [0.29, 0.717) is 11.6 Å². The van der Waals surface area contributed by atoms with Crippen LogP contribution in [-0.2, 0) is 19.1 Å². The van der Waals surface area contributed by atoms with Crippen LogP contribution in [0.2, 0.25) is 5.15 Å². The third-order valence-electron chi connectivity index (χ3n) is 3.76. The molecule has 0 saturated carbocycles. The first kappa shape index (κ1) is 15.1. The number of nitrogens with zero attached hydrogens (tertiary/aromatic N) is 2. The number of halogens is 1. The quantitative estimate of drug-likeness (QED) is 0.941. The van der Waals surface area contributed by atoms with E-state index < -0.39 is 5.60 Å². The van der Waals surface area contributed by atoms with E-state index in [2.05, 4.69) is 11.2 Å². The Hall–Kier alpha value is -1.32. The number of aryl methyl sites for hydroxylation is 4. The zero-order chi connectivity index (χ0) is 15.1. The van der Waals surface area contributed by atoms with E-state index in [-0.39, 0.29) is 0 Å². The van der Waals surface area contributed by atoms with Crippen molar-refractivity contribution in [3.63, 3.8) is 0 Å². The lowest BCUT2D eigenvalue weighted by Gasteiger charge is -2.26. The Balaban J connectivity index is 2.42. The molecule has 0 spiro atoms. The van der Waals surface area contributed by atoms with E-state index in [1.54, 1.807) is 4.68 Å². The summed E-state index contributed by atoms with van der Waals surface area (Å²) in [5, 5.41) is 15.8. The molecule has 0 aliphatic heterocycles. The maximum atomic E-state index is 10.9. The summed E-state index contributed by atoms with van der Waals surface area (Å²) in [7, 11) is 1.81. The molecule has 4 heteroatoms. The fraction of sp³-hybridized carbons (Fsp3) is 0.438. The molecule has 1 aromatic heterocycles. The molecule has 0 aliphatic carbocycles. The van der Waals surface area contributed by atoms with Crippen LogP contribution in [0.3, 0.4) is 0 Å². The SMILES string of the molecule is Cc1ccc(C)c(C(C)(O)Cc2c(C)nn(C)c2Cl)c1. The Kier molecular flexibility index (Phi) is 3.94. The van der Waals surface area contributed by atoms with Gasteiger partial charge in [-0.2, -0.15) is 5.10 Å². The summed E-state index contributed by atoms with van der Waals surface area (Å²) in [6, 6.07) is 6.13. The Morgan fingerprint density at radius 3 is 2.50 bits per heavy atom. The molecule has 2 aromatic rings. The summed E-state index contributed by atoms with van der Waals surface area (Å²) in [5.74, 6) is 0. The maximum Gasteiger partial charge on any atom is 0.130 e. The van der Waals surface area contributed by atoms with E-state index in [4.69, 9.17) is 11.6 Å². The standard InChI is InChI=1S/C16H21ClN2O/c1-10-6-7-11(2)14(8-10)16(4,20)9-13-12(3)18-19(5)15(13)17/h6-8,20H,9H2,1-5H3. The van der Waals surface area contributed by atoms with Gasteiger partial charge in [0, 0.05) is 19.0 Å². The van der Waals surface area contributed by atoms with E-state index in [0.717, 1.165) is 27.9 Å². The lowest BCUT2D eigenvalue weighted by molar-refractivity contribution is 0.0567. The van der Waals surface area contributed by atoms with Crippen molar-refractivity contribution < 1.29 is 5.11 Å². The molecule has 0 amide bonds. The fourth-order valence-electron chi connectivity index (χ4n) is 2.63. The van der Waals surface area contributed by atoms with Crippen molar-refractivity contribution >= 4 is 11.6 Å². The number of hydrogen-bond donors (Lipinski definition) is 1. The van der Waals surface area contributed by atoms with Crippen molar-refractivity contribution in [3.05, 3.63) is 51.3 Å². The summed E-state index contributed by atoms with van der Waals surface area (Å²) in [6.45, 7) is 7.79. The predicted molar refractivity (Wildman–Crippen MR) is 82.1 cm³/mol. The van der Waals surface area contributed by atoms with Gasteiger partial charge in [-0.25, -0.2) is 0 Å². The van der Waals surface area contributed by atoms with Gasteiger partial charge in [-0.3, -0.25) is 4.68 Å². The van der Waals surface area contributed by atoms with Crippen LogP contribution in [0.25, 0.3) is 0 Å². The van der Waals surface area contributed by atoms with Gasteiger partial charge in [-0.05, 0) is 38.8 Å². The summed E-state index contributed by atoms with van der Waals surface area (Å²) in [4.78, 5) is 0. The van der Waals surface area contributed by atoms with Crippen LogP contribution in [0.5, 0.6) is 0 Å². The van der Waals surface area contributed by atoms with Crippen molar-refractivity contribution in [1.82, 2.24) is 9.78 Å². The Morgan fingerprint density at radius 2 is 1.95 bits per heavy atom. The smallest absolute Gasteiger partial charge is 0.130 e. The zero-order valence-electron chi connectivity index (χ0n) is 12.7. The molecule has 3 nitrogen and oxygen atoms in total. The van der Waals surface area contributed by atoms with Gasteiger partial charge in [0.05, 0.1) is 11.3 Å². The molecule has 0 fully saturated rings. The second-order valence-electron chi connectivity index (χ2n) is 5.75. The summed E-state index contributed by atoms with van der Waals surface area (Å²) >= 11 is 6.27. The first-order valence-corrected chi connectivity index (χ1v) is 7.08. The first-order valence-electron chi connectivity index (χ1n) is 6.70. The van der Waals surface area contributed by atoms with Crippen LogP contribution < -0.4 is 0 Å². The van der Waals surface area contributed by atoms with Gasteiger partial charge in [-0.15, -0.1) is 0 Å². The molecular formula is C16H21ClN2O. The average Bonchev–Trinajstić information content (AvgIpc) is 2.59. The molecular weight excluding hydrogens is 272 g/mol. The third kappa shape index (κ3) is 2.74. The molecule has 108 valence electrons. The molecule has 0 bridgehead atoms. The normalized spacial score (nSPS) is 14.3. The van der Waals surface area contributed by atoms with Crippen LogP contribution in [-0.4, -0.2) is 14.9 Å². The maximum absolute atomic E-state index is 10.9. The molecule has 1 unspecified atom stereocenters. The largest absolute Gasteiger partial charge is 0.385 e. The zero-order valence-corrected chi connectivity index (χ0v) is 13.4. The molecule has 20 heavy (non-hydrogen) atoms. The van der Waals surface area contributed by atoms with Crippen LogP contribution in [0.1, 0.15) is 34.9 Å². The van der Waals surface area contributed by atoms with Gasteiger partial charge >= 0.3 is 0 Å². The highest BCUT2D eigenvalue weighted by Gasteiger charge is 2.28. The van der Waals surface area contributed by atoms with Crippen LogP contribution >= 0.6 is 11.6 Å². The van der Waals surface area contributed by atoms with Gasteiger partial charge in [0.25, 0.3) is 0 Å². The number of aromatic nitrogens is 2. The van der Waals surface area contributed by atoms with Gasteiger partial charge in [0.2, 0.25) is 0 Å². The number of benzene rings is 1. The Bertz CT molecular complexity index is 644. The minimum Gasteiger partial charge on any atom is -0.385 e. The highest BCUT2D eigenvalue weighted by atomic mass is 35.5.